The van der Waals surface area contributed by atoms with E-state index in [1.807, 2.05) is 26.0 Å². The van der Waals surface area contributed by atoms with Crippen LogP contribution in [-0.2, 0) is 0 Å². The number of urea groups is 1. The molecule has 0 aromatic carbocycles. The highest BCUT2D eigenvalue weighted by Crippen LogP contribution is 2.14. The van der Waals surface area contributed by atoms with Gasteiger partial charge in [-0.05, 0) is 30.5 Å². The maximum atomic E-state index is 11.7. The number of carbonyl (C=O) groups excluding carboxylic acids is 1. The summed E-state index contributed by atoms with van der Waals surface area (Å²) < 4.78 is 0. The first-order valence-corrected chi connectivity index (χ1v) is 6.79. The fourth-order valence-electron chi connectivity index (χ4n) is 1.87. The molecule has 0 spiro atoms. The third-order valence-corrected chi connectivity index (χ3v) is 2.94. The molecule has 1 heterocycles. The first-order chi connectivity index (χ1) is 9.17. The number of aliphatic hydroxyl groups excluding tert-OH is 1. The van der Waals surface area contributed by atoms with Gasteiger partial charge in [0.2, 0.25) is 0 Å². The molecule has 3 N–H and O–H groups in total. The molecular weight excluding hydrogens is 242 g/mol. The predicted octanol–water partition coefficient (Wildman–Crippen LogP) is 1.99. The van der Waals surface area contributed by atoms with Crippen LogP contribution in [0.25, 0.3) is 0 Å². The van der Waals surface area contributed by atoms with E-state index in [1.165, 1.54) is 0 Å². The van der Waals surface area contributed by atoms with Crippen molar-refractivity contribution >= 4 is 6.03 Å². The van der Waals surface area contributed by atoms with E-state index in [4.69, 9.17) is 0 Å². The van der Waals surface area contributed by atoms with E-state index >= 15 is 0 Å². The highest BCUT2D eigenvalue weighted by molar-refractivity contribution is 5.74. The molecule has 0 saturated heterocycles. The molecule has 2 atom stereocenters. The maximum Gasteiger partial charge on any atom is 0.315 e. The van der Waals surface area contributed by atoms with Crippen LogP contribution in [0.3, 0.4) is 0 Å². The molecule has 106 valence electrons. The highest BCUT2D eigenvalue weighted by atomic mass is 16.3. The van der Waals surface area contributed by atoms with Gasteiger partial charge in [-0.25, -0.2) is 4.79 Å². The second kappa shape index (κ2) is 8.48. The Bertz CT molecular complexity index is 370. The summed E-state index contributed by atoms with van der Waals surface area (Å²) >= 11 is 0. The van der Waals surface area contributed by atoms with E-state index < -0.39 is 6.10 Å². The van der Waals surface area contributed by atoms with Gasteiger partial charge >= 0.3 is 6.03 Å². The molecule has 0 saturated carbocycles. The van der Waals surface area contributed by atoms with Crippen LogP contribution in [-0.4, -0.2) is 28.8 Å². The van der Waals surface area contributed by atoms with Crippen LogP contribution in [0.4, 0.5) is 4.79 Å². The van der Waals surface area contributed by atoms with Crippen molar-refractivity contribution in [3.63, 3.8) is 0 Å². The van der Waals surface area contributed by atoms with E-state index in [0.717, 1.165) is 18.4 Å². The number of aromatic nitrogens is 1. The molecule has 2 amide bonds. The quantitative estimate of drug-likeness (QED) is 0.706. The molecule has 0 bridgehead atoms. The second-order valence-corrected chi connectivity index (χ2v) is 4.54. The van der Waals surface area contributed by atoms with E-state index in [2.05, 4.69) is 15.6 Å². The van der Waals surface area contributed by atoms with Crippen LogP contribution < -0.4 is 10.6 Å². The fourth-order valence-corrected chi connectivity index (χ4v) is 1.87. The van der Waals surface area contributed by atoms with Gasteiger partial charge in [0.1, 0.15) is 0 Å². The molecule has 0 aliphatic carbocycles. The smallest absolute Gasteiger partial charge is 0.315 e. The number of nitrogens with one attached hydrogen (secondary N) is 2. The van der Waals surface area contributed by atoms with Crippen molar-refractivity contribution < 1.29 is 9.90 Å². The average molecular weight is 265 g/mol. The van der Waals surface area contributed by atoms with Gasteiger partial charge in [-0.3, -0.25) is 4.98 Å². The Morgan fingerprint density at radius 1 is 1.37 bits per heavy atom. The van der Waals surface area contributed by atoms with Gasteiger partial charge in [-0.2, -0.15) is 0 Å². The molecule has 0 aliphatic heterocycles. The fraction of sp³-hybridized carbons (Fsp3) is 0.571. The van der Waals surface area contributed by atoms with Gasteiger partial charge in [-0.15, -0.1) is 0 Å². The van der Waals surface area contributed by atoms with Gasteiger partial charge in [0.25, 0.3) is 0 Å². The number of nitrogens with zero attached hydrogens (tertiary/aromatic N) is 1. The van der Waals surface area contributed by atoms with Crippen molar-refractivity contribution in [1.82, 2.24) is 15.6 Å². The lowest BCUT2D eigenvalue weighted by Gasteiger charge is -2.18. The minimum atomic E-state index is -0.475. The molecule has 1 rings (SSSR count). The first-order valence-electron chi connectivity index (χ1n) is 6.79. The summed E-state index contributed by atoms with van der Waals surface area (Å²) in [4.78, 5) is 15.7. The molecule has 19 heavy (non-hydrogen) atoms. The number of amides is 2. The molecule has 5 nitrogen and oxygen atoms in total. The van der Waals surface area contributed by atoms with Crippen molar-refractivity contribution in [2.75, 3.05) is 6.54 Å². The molecular formula is C14H23N3O2. The lowest BCUT2D eigenvalue weighted by molar-refractivity contribution is 0.160. The standard InChI is InChI=1S/C14H23N3O2/c1-3-5-12(18)10-16-14(19)17-13(4-2)11-6-8-15-9-7-11/h6-9,12-13,18H,3-5,10H2,1-2H3,(H2,16,17,19). The van der Waals surface area contributed by atoms with E-state index in [-0.39, 0.29) is 18.6 Å². The monoisotopic (exact) mass is 265 g/mol. The minimum Gasteiger partial charge on any atom is -0.391 e. The van der Waals surface area contributed by atoms with Gasteiger partial charge in [-0.1, -0.05) is 20.3 Å². The topological polar surface area (TPSA) is 74.2 Å². The van der Waals surface area contributed by atoms with Crippen molar-refractivity contribution in [3.05, 3.63) is 30.1 Å². The normalized spacial score (nSPS) is 13.6. The van der Waals surface area contributed by atoms with Crippen molar-refractivity contribution in [1.29, 1.82) is 0 Å². The van der Waals surface area contributed by atoms with Crippen LogP contribution in [0, 0.1) is 0 Å². The van der Waals surface area contributed by atoms with E-state index in [1.54, 1.807) is 12.4 Å². The van der Waals surface area contributed by atoms with Gasteiger partial charge < -0.3 is 15.7 Å². The average Bonchev–Trinajstić information content (AvgIpc) is 2.44. The van der Waals surface area contributed by atoms with Crippen LogP contribution in [0.5, 0.6) is 0 Å². The lowest BCUT2D eigenvalue weighted by Crippen LogP contribution is -2.41. The Balaban J connectivity index is 2.41. The van der Waals surface area contributed by atoms with Gasteiger partial charge in [0.05, 0.1) is 12.1 Å². The number of rotatable bonds is 7. The third-order valence-electron chi connectivity index (χ3n) is 2.94. The SMILES string of the molecule is CCCC(O)CNC(=O)NC(CC)c1ccncc1. The van der Waals surface area contributed by atoms with Crippen LogP contribution >= 0.6 is 0 Å². The van der Waals surface area contributed by atoms with Crippen LogP contribution in [0.2, 0.25) is 0 Å². The van der Waals surface area contributed by atoms with Crippen molar-refractivity contribution in [3.8, 4) is 0 Å². The van der Waals surface area contributed by atoms with E-state index in [9.17, 15) is 9.90 Å². The molecule has 0 aliphatic rings. The number of aliphatic hydroxyl groups is 1. The zero-order valence-electron chi connectivity index (χ0n) is 11.6. The Morgan fingerprint density at radius 2 is 2.05 bits per heavy atom. The molecule has 5 heteroatoms. The molecule has 0 fully saturated rings. The second-order valence-electron chi connectivity index (χ2n) is 4.54. The summed E-state index contributed by atoms with van der Waals surface area (Å²) in [7, 11) is 0. The third kappa shape index (κ3) is 5.70. The largest absolute Gasteiger partial charge is 0.391 e. The lowest BCUT2D eigenvalue weighted by atomic mass is 10.1. The van der Waals surface area contributed by atoms with Crippen molar-refractivity contribution in [2.45, 2.75) is 45.3 Å². The van der Waals surface area contributed by atoms with Crippen LogP contribution in [0.15, 0.2) is 24.5 Å². The minimum absolute atomic E-state index is 0.0358. The molecule has 1 aromatic heterocycles. The highest BCUT2D eigenvalue weighted by Gasteiger charge is 2.13. The first kappa shape index (κ1) is 15.4. The Hall–Kier alpha value is -1.62. The maximum absolute atomic E-state index is 11.7. The zero-order chi connectivity index (χ0) is 14.1. The van der Waals surface area contributed by atoms with Crippen LogP contribution in [0.1, 0.15) is 44.7 Å². The van der Waals surface area contributed by atoms with Crippen molar-refractivity contribution in [2.24, 2.45) is 0 Å². The number of hydrogen-bond acceptors (Lipinski definition) is 3. The summed E-state index contributed by atoms with van der Waals surface area (Å²) in [6.45, 7) is 4.30. The molecule has 2 unspecified atom stereocenters. The number of hydrogen-bond donors (Lipinski definition) is 3. The summed E-state index contributed by atoms with van der Waals surface area (Å²) in [5.41, 5.74) is 1.03. The Morgan fingerprint density at radius 3 is 2.63 bits per heavy atom. The number of pyridine rings is 1. The van der Waals surface area contributed by atoms with Gasteiger partial charge in [0.15, 0.2) is 0 Å². The summed E-state index contributed by atoms with van der Waals surface area (Å²) in [6, 6.07) is 3.49. The summed E-state index contributed by atoms with van der Waals surface area (Å²) in [5.74, 6) is 0. The molecule has 0 radical (unpaired) electrons. The number of carbonyl (C=O) groups is 1. The zero-order valence-corrected chi connectivity index (χ0v) is 11.6. The predicted molar refractivity (Wildman–Crippen MR) is 74.7 cm³/mol. The summed E-state index contributed by atoms with van der Waals surface area (Å²) in [5, 5.41) is 15.1. The Kier molecular flexibility index (Phi) is 6.89. The Labute approximate surface area is 114 Å². The van der Waals surface area contributed by atoms with Gasteiger partial charge in [0, 0.05) is 18.9 Å². The molecule has 1 aromatic rings. The summed E-state index contributed by atoms with van der Waals surface area (Å²) in [6.07, 6.45) is 5.35. The van der Waals surface area contributed by atoms with E-state index in [0.29, 0.717) is 6.42 Å².